The lowest BCUT2D eigenvalue weighted by Gasteiger charge is -2.11. The maximum absolute atomic E-state index is 12.4. The molecule has 0 aromatic heterocycles. The van der Waals surface area contributed by atoms with Crippen LogP contribution in [-0.2, 0) is 11.3 Å². The largest absolute Gasteiger partial charge is 0.496 e. The Morgan fingerprint density at radius 2 is 1.84 bits per heavy atom. The first kappa shape index (κ1) is 19.3. The SMILES string of the molecule is COC(=O)Nc1ccc(CNC(=O)c2cc(Cl)c(I)cc2OC)cc1. The van der Waals surface area contributed by atoms with Gasteiger partial charge in [0, 0.05) is 15.8 Å². The summed E-state index contributed by atoms with van der Waals surface area (Å²) in [6.07, 6.45) is -0.538. The zero-order chi connectivity index (χ0) is 18.4. The zero-order valence-electron chi connectivity index (χ0n) is 13.6. The molecule has 0 heterocycles. The number of nitrogens with one attached hydrogen (secondary N) is 2. The zero-order valence-corrected chi connectivity index (χ0v) is 16.5. The van der Waals surface area contributed by atoms with Gasteiger partial charge >= 0.3 is 6.09 Å². The normalized spacial score (nSPS) is 10.1. The summed E-state index contributed by atoms with van der Waals surface area (Å²) < 4.78 is 10.6. The summed E-state index contributed by atoms with van der Waals surface area (Å²) in [7, 11) is 2.80. The number of anilines is 1. The maximum atomic E-state index is 12.4. The van der Waals surface area contributed by atoms with Crippen LogP contribution in [0.15, 0.2) is 36.4 Å². The van der Waals surface area contributed by atoms with Crippen molar-refractivity contribution < 1.29 is 19.1 Å². The van der Waals surface area contributed by atoms with Crippen molar-refractivity contribution in [1.82, 2.24) is 5.32 Å². The van der Waals surface area contributed by atoms with Crippen molar-refractivity contribution in [2.45, 2.75) is 6.54 Å². The van der Waals surface area contributed by atoms with Crippen LogP contribution < -0.4 is 15.4 Å². The number of amides is 2. The summed E-state index contributed by atoms with van der Waals surface area (Å²) in [5.41, 5.74) is 1.85. The number of benzene rings is 2. The average molecular weight is 475 g/mol. The lowest BCUT2D eigenvalue weighted by Crippen LogP contribution is -2.23. The van der Waals surface area contributed by atoms with Crippen molar-refractivity contribution >= 4 is 51.9 Å². The minimum Gasteiger partial charge on any atom is -0.496 e. The fraction of sp³-hybridized carbons (Fsp3) is 0.176. The molecule has 25 heavy (non-hydrogen) atoms. The van der Waals surface area contributed by atoms with E-state index in [-0.39, 0.29) is 5.91 Å². The summed E-state index contributed by atoms with van der Waals surface area (Å²) in [5.74, 6) is 0.177. The van der Waals surface area contributed by atoms with E-state index in [1.165, 1.54) is 14.2 Å². The molecule has 6 nitrogen and oxygen atoms in total. The molecule has 0 fully saturated rings. The smallest absolute Gasteiger partial charge is 0.411 e. The first-order chi connectivity index (χ1) is 11.9. The van der Waals surface area contributed by atoms with E-state index in [1.807, 2.05) is 0 Å². The van der Waals surface area contributed by atoms with Crippen LogP contribution in [0.3, 0.4) is 0 Å². The third kappa shape index (κ3) is 5.23. The van der Waals surface area contributed by atoms with Crippen LogP contribution in [0.25, 0.3) is 0 Å². The predicted molar refractivity (Wildman–Crippen MR) is 104 cm³/mol. The fourth-order valence-electron chi connectivity index (χ4n) is 2.03. The third-order valence-corrected chi connectivity index (χ3v) is 4.85. The first-order valence-corrected chi connectivity index (χ1v) is 8.65. The van der Waals surface area contributed by atoms with E-state index in [4.69, 9.17) is 16.3 Å². The van der Waals surface area contributed by atoms with Crippen molar-refractivity contribution in [1.29, 1.82) is 0 Å². The van der Waals surface area contributed by atoms with Gasteiger partial charge in [0.25, 0.3) is 5.91 Å². The van der Waals surface area contributed by atoms with E-state index >= 15 is 0 Å². The highest BCUT2D eigenvalue weighted by Gasteiger charge is 2.15. The summed E-state index contributed by atoms with van der Waals surface area (Å²) in [4.78, 5) is 23.5. The number of carbonyl (C=O) groups is 2. The van der Waals surface area contributed by atoms with E-state index in [1.54, 1.807) is 36.4 Å². The van der Waals surface area contributed by atoms with Crippen LogP contribution in [0.2, 0.25) is 5.02 Å². The number of hydrogen-bond donors (Lipinski definition) is 2. The highest BCUT2D eigenvalue weighted by molar-refractivity contribution is 14.1. The average Bonchev–Trinajstić information content (AvgIpc) is 2.62. The molecule has 0 radical (unpaired) electrons. The molecule has 2 amide bonds. The maximum Gasteiger partial charge on any atom is 0.411 e. The Morgan fingerprint density at radius 3 is 2.44 bits per heavy atom. The molecule has 2 aromatic carbocycles. The standard InChI is InChI=1S/C17H16ClIN2O4/c1-24-15-8-14(19)13(18)7-12(15)16(22)20-9-10-3-5-11(6-4-10)21-17(23)25-2/h3-8H,9H2,1-2H3,(H,20,22)(H,21,23). The Hall–Kier alpha value is -2.00. The Kier molecular flexibility index (Phi) is 6.89. The van der Waals surface area contributed by atoms with Crippen LogP contribution in [-0.4, -0.2) is 26.2 Å². The van der Waals surface area contributed by atoms with Gasteiger partial charge in [0.1, 0.15) is 5.75 Å². The topological polar surface area (TPSA) is 76.7 Å². The molecule has 2 rings (SSSR count). The second-order valence-corrected chi connectivity index (χ2v) is 6.53. The quantitative estimate of drug-likeness (QED) is 0.641. The Balaban J connectivity index is 2.03. The van der Waals surface area contributed by atoms with Crippen molar-refractivity contribution in [2.24, 2.45) is 0 Å². The Labute approximate surface area is 164 Å². The van der Waals surface area contributed by atoms with Gasteiger partial charge in [0.2, 0.25) is 0 Å². The number of halogens is 2. The molecule has 0 unspecified atom stereocenters. The van der Waals surface area contributed by atoms with Crippen molar-refractivity contribution in [2.75, 3.05) is 19.5 Å². The van der Waals surface area contributed by atoms with Gasteiger partial charge < -0.3 is 14.8 Å². The highest BCUT2D eigenvalue weighted by atomic mass is 127. The summed E-state index contributed by atoms with van der Waals surface area (Å²) in [6, 6.07) is 10.3. The molecule has 0 saturated heterocycles. The second kappa shape index (κ2) is 8.91. The van der Waals surface area contributed by atoms with E-state index in [9.17, 15) is 9.59 Å². The van der Waals surface area contributed by atoms with Crippen LogP contribution in [0, 0.1) is 3.57 Å². The molecule has 0 saturated carbocycles. The number of hydrogen-bond acceptors (Lipinski definition) is 4. The van der Waals surface area contributed by atoms with Crippen molar-refractivity contribution in [3.05, 3.63) is 56.1 Å². The molecule has 0 aliphatic carbocycles. The number of carbonyl (C=O) groups excluding carboxylic acids is 2. The number of ether oxygens (including phenoxy) is 2. The molecule has 2 aromatic rings. The summed E-state index contributed by atoms with van der Waals surface area (Å²) >= 11 is 8.16. The van der Waals surface area contributed by atoms with Crippen LogP contribution in [0.5, 0.6) is 5.75 Å². The molecule has 0 atom stereocenters. The van der Waals surface area contributed by atoms with E-state index in [0.717, 1.165) is 9.13 Å². The van der Waals surface area contributed by atoms with Crippen LogP contribution in [0.4, 0.5) is 10.5 Å². The Bertz CT molecular complexity index is 781. The number of rotatable bonds is 5. The van der Waals surface area contributed by atoms with Gasteiger partial charge in [-0.05, 0) is 52.4 Å². The molecular formula is C17H16ClIN2O4. The fourth-order valence-corrected chi connectivity index (χ4v) is 2.63. The lowest BCUT2D eigenvalue weighted by molar-refractivity contribution is 0.0948. The first-order valence-electron chi connectivity index (χ1n) is 7.19. The molecule has 0 bridgehead atoms. The van der Waals surface area contributed by atoms with Crippen LogP contribution in [0.1, 0.15) is 15.9 Å². The van der Waals surface area contributed by atoms with Gasteiger partial charge in [-0.3, -0.25) is 10.1 Å². The molecular weight excluding hydrogens is 459 g/mol. The predicted octanol–water partition coefficient (Wildman–Crippen LogP) is 4.06. The van der Waals surface area contributed by atoms with Gasteiger partial charge in [-0.15, -0.1) is 0 Å². The third-order valence-electron chi connectivity index (χ3n) is 3.33. The summed E-state index contributed by atoms with van der Waals surface area (Å²) in [6.45, 7) is 0.324. The van der Waals surface area contributed by atoms with Gasteiger partial charge in [0.05, 0.1) is 24.8 Å². The van der Waals surface area contributed by atoms with Crippen molar-refractivity contribution in [3.8, 4) is 5.75 Å². The van der Waals surface area contributed by atoms with E-state index < -0.39 is 6.09 Å². The Morgan fingerprint density at radius 1 is 1.16 bits per heavy atom. The minimum absolute atomic E-state index is 0.285. The lowest BCUT2D eigenvalue weighted by atomic mass is 10.1. The van der Waals surface area contributed by atoms with Crippen LogP contribution >= 0.6 is 34.2 Å². The van der Waals surface area contributed by atoms with Gasteiger partial charge in [-0.2, -0.15) is 0 Å². The highest BCUT2D eigenvalue weighted by Crippen LogP contribution is 2.28. The molecule has 0 aliphatic heterocycles. The van der Waals surface area contributed by atoms with Crippen molar-refractivity contribution in [3.63, 3.8) is 0 Å². The molecule has 8 heteroatoms. The minimum atomic E-state index is -0.538. The number of methoxy groups -OCH3 is 2. The van der Waals surface area contributed by atoms with Gasteiger partial charge in [-0.25, -0.2) is 4.79 Å². The molecule has 0 aliphatic rings. The molecule has 2 N–H and O–H groups in total. The molecule has 0 spiro atoms. The monoisotopic (exact) mass is 474 g/mol. The second-order valence-electron chi connectivity index (χ2n) is 4.96. The van der Waals surface area contributed by atoms with E-state index in [2.05, 4.69) is 38.0 Å². The van der Waals surface area contributed by atoms with Gasteiger partial charge in [-0.1, -0.05) is 23.7 Å². The van der Waals surface area contributed by atoms with E-state index in [0.29, 0.717) is 28.6 Å². The molecule has 132 valence electrons. The summed E-state index contributed by atoms with van der Waals surface area (Å²) in [5, 5.41) is 5.86. The van der Waals surface area contributed by atoms with Gasteiger partial charge in [0.15, 0.2) is 0 Å².